The van der Waals surface area contributed by atoms with E-state index >= 15 is 0 Å². The molecule has 1 saturated carbocycles. The zero-order chi connectivity index (χ0) is 21.0. The molecule has 6 nitrogen and oxygen atoms in total. The van der Waals surface area contributed by atoms with Gasteiger partial charge in [-0.15, -0.1) is 0 Å². The molecule has 2 N–H and O–H groups in total. The SMILES string of the molecule is CC(C)NC(=O)C[C@H]1CC[C@@H](CNC(=O)c2ccc(C#N)cc2F)N1CC1CC1. The van der Waals surface area contributed by atoms with Crippen molar-refractivity contribution >= 4 is 11.8 Å². The predicted molar refractivity (Wildman–Crippen MR) is 108 cm³/mol. The first-order valence-electron chi connectivity index (χ1n) is 10.4. The smallest absolute Gasteiger partial charge is 0.254 e. The van der Waals surface area contributed by atoms with Crippen molar-refractivity contribution in [1.29, 1.82) is 5.26 Å². The van der Waals surface area contributed by atoms with Crippen molar-refractivity contribution in [2.75, 3.05) is 13.1 Å². The lowest BCUT2D eigenvalue weighted by Gasteiger charge is -2.30. The van der Waals surface area contributed by atoms with E-state index in [1.807, 2.05) is 19.9 Å². The second-order valence-electron chi connectivity index (χ2n) is 8.47. The molecule has 0 radical (unpaired) electrons. The number of amides is 2. The molecule has 0 unspecified atom stereocenters. The summed E-state index contributed by atoms with van der Waals surface area (Å²) in [4.78, 5) is 27.0. The fourth-order valence-electron chi connectivity index (χ4n) is 4.02. The highest BCUT2D eigenvalue weighted by atomic mass is 19.1. The molecule has 2 aliphatic rings. The largest absolute Gasteiger partial charge is 0.354 e. The van der Waals surface area contributed by atoms with E-state index in [4.69, 9.17) is 5.26 Å². The third-order valence-corrected chi connectivity index (χ3v) is 5.65. The minimum absolute atomic E-state index is 0.0522. The summed E-state index contributed by atoms with van der Waals surface area (Å²) < 4.78 is 14.1. The van der Waals surface area contributed by atoms with Gasteiger partial charge in [0.2, 0.25) is 5.91 Å². The van der Waals surface area contributed by atoms with E-state index in [0.29, 0.717) is 18.9 Å². The summed E-state index contributed by atoms with van der Waals surface area (Å²) in [6.07, 6.45) is 4.74. The maximum Gasteiger partial charge on any atom is 0.254 e. The second kappa shape index (κ2) is 9.36. The van der Waals surface area contributed by atoms with E-state index in [9.17, 15) is 14.0 Å². The van der Waals surface area contributed by atoms with E-state index in [-0.39, 0.29) is 35.2 Å². The van der Waals surface area contributed by atoms with Crippen LogP contribution in [0.4, 0.5) is 4.39 Å². The van der Waals surface area contributed by atoms with Crippen LogP contribution in [0.1, 0.15) is 61.9 Å². The third kappa shape index (κ3) is 5.77. The molecule has 1 aromatic carbocycles. The molecular weight excluding hydrogens is 371 g/mol. The van der Waals surface area contributed by atoms with Crippen molar-refractivity contribution < 1.29 is 14.0 Å². The van der Waals surface area contributed by atoms with Crippen LogP contribution < -0.4 is 10.6 Å². The van der Waals surface area contributed by atoms with Crippen molar-refractivity contribution in [3.63, 3.8) is 0 Å². The van der Waals surface area contributed by atoms with Gasteiger partial charge in [0.1, 0.15) is 5.82 Å². The van der Waals surface area contributed by atoms with Gasteiger partial charge in [-0.05, 0) is 63.6 Å². The molecule has 0 bridgehead atoms. The first-order valence-corrected chi connectivity index (χ1v) is 10.4. The van der Waals surface area contributed by atoms with Crippen LogP contribution in [0, 0.1) is 23.1 Å². The summed E-state index contributed by atoms with van der Waals surface area (Å²) in [5.41, 5.74) is 0.136. The van der Waals surface area contributed by atoms with Crippen LogP contribution in [0.25, 0.3) is 0 Å². The van der Waals surface area contributed by atoms with Crippen LogP contribution in [0.3, 0.4) is 0 Å². The monoisotopic (exact) mass is 400 g/mol. The lowest BCUT2D eigenvalue weighted by atomic mass is 10.1. The summed E-state index contributed by atoms with van der Waals surface area (Å²) >= 11 is 0. The number of carbonyl (C=O) groups excluding carboxylic acids is 2. The summed E-state index contributed by atoms with van der Waals surface area (Å²) in [7, 11) is 0. The van der Waals surface area contributed by atoms with Crippen LogP contribution in [-0.2, 0) is 4.79 Å². The summed E-state index contributed by atoms with van der Waals surface area (Å²) in [5, 5.41) is 14.6. The molecule has 2 atom stereocenters. The Labute approximate surface area is 171 Å². The second-order valence-corrected chi connectivity index (χ2v) is 8.47. The number of hydrogen-bond donors (Lipinski definition) is 2. The molecule has 29 heavy (non-hydrogen) atoms. The van der Waals surface area contributed by atoms with Gasteiger partial charge in [-0.3, -0.25) is 14.5 Å². The van der Waals surface area contributed by atoms with Gasteiger partial charge in [0.05, 0.1) is 17.2 Å². The Morgan fingerprint density at radius 2 is 1.97 bits per heavy atom. The Hall–Kier alpha value is -2.46. The summed E-state index contributed by atoms with van der Waals surface area (Å²) in [5.74, 6) is -0.418. The number of halogens is 1. The van der Waals surface area contributed by atoms with Crippen molar-refractivity contribution in [3.8, 4) is 6.07 Å². The van der Waals surface area contributed by atoms with Crippen molar-refractivity contribution in [3.05, 3.63) is 35.1 Å². The Balaban J connectivity index is 1.59. The van der Waals surface area contributed by atoms with Gasteiger partial charge in [0.15, 0.2) is 0 Å². The first-order chi connectivity index (χ1) is 13.9. The zero-order valence-corrected chi connectivity index (χ0v) is 17.1. The predicted octanol–water partition coefficient (Wildman–Crippen LogP) is 2.58. The lowest BCUT2D eigenvalue weighted by molar-refractivity contribution is -0.122. The minimum atomic E-state index is -0.689. The van der Waals surface area contributed by atoms with Gasteiger partial charge in [-0.2, -0.15) is 5.26 Å². The zero-order valence-electron chi connectivity index (χ0n) is 17.1. The number of benzene rings is 1. The highest BCUT2D eigenvalue weighted by molar-refractivity contribution is 5.94. The van der Waals surface area contributed by atoms with E-state index in [0.717, 1.165) is 25.5 Å². The average Bonchev–Trinajstić information content (AvgIpc) is 3.41. The van der Waals surface area contributed by atoms with E-state index < -0.39 is 11.7 Å². The Kier molecular flexibility index (Phi) is 6.86. The first kappa shape index (κ1) is 21.3. The number of rotatable bonds is 8. The molecule has 7 heteroatoms. The third-order valence-electron chi connectivity index (χ3n) is 5.65. The maximum absolute atomic E-state index is 14.1. The Bertz CT molecular complexity index is 800. The Morgan fingerprint density at radius 3 is 2.59 bits per heavy atom. The van der Waals surface area contributed by atoms with Gasteiger partial charge in [-0.1, -0.05) is 0 Å². The standard InChI is InChI=1S/C22H29FN4O2/c1-14(2)26-21(28)10-17-6-7-18(27(17)13-15-3-4-15)12-25-22(29)19-8-5-16(11-24)9-20(19)23/h5,8-9,14-15,17-18H,3-4,6-7,10,12-13H2,1-2H3,(H,25,29)(H,26,28)/t17-,18+/m1/s1. The topological polar surface area (TPSA) is 85.2 Å². The highest BCUT2D eigenvalue weighted by Crippen LogP contribution is 2.35. The molecule has 0 spiro atoms. The molecule has 2 fully saturated rings. The number of nitrogens with one attached hydrogen (secondary N) is 2. The van der Waals surface area contributed by atoms with Crippen LogP contribution in [-0.4, -0.2) is 47.9 Å². The molecule has 0 aromatic heterocycles. The molecule has 1 saturated heterocycles. The van der Waals surface area contributed by atoms with E-state index in [1.165, 1.54) is 25.0 Å². The molecular formula is C22H29FN4O2. The number of hydrogen-bond acceptors (Lipinski definition) is 4. The fraction of sp³-hybridized carbons (Fsp3) is 0.591. The number of nitrogens with zero attached hydrogens (tertiary/aromatic N) is 2. The average molecular weight is 400 g/mol. The van der Waals surface area contributed by atoms with Gasteiger partial charge in [-0.25, -0.2) is 4.39 Å². The lowest BCUT2D eigenvalue weighted by Crippen LogP contribution is -2.46. The van der Waals surface area contributed by atoms with Crippen molar-refractivity contribution in [1.82, 2.24) is 15.5 Å². The minimum Gasteiger partial charge on any atom is -0.354 e. The fourth-order valence-corrected chi connectivity index (χ4v) is 4.02. The number of likely N-dealkylation sites (tertiary alicyclic amines) is 1. The van der Waals surface area contributed by atoms with Gasteiger partial charge < -0.3 is 10.6 Å². The normalized spacial score (nSPS) is 21.8. The molecule has 3 rings (SSSR count). The summed E-state index contributed by atoms with van der Waals surface area (Å²) in [6.45, 7) is 5.28. The van der Waals surface area contributed by atoms with Gasteiger partial charge in [0, 0.05) is 37.6 Å². The molecule has 2 amide bonds. The molecule has 1 aliphatic heterocycles. The van der Waals surface area contributed by atoms with Crippen LogP contribution in [0.2, 0.25) is 0 Å². The number of nitriles is 1. The molecule has 1 heterocycles. The van der Waals surface area contributed by atoms with Crippen LogP contribution >= 0.6 is 0 Å². The molecule has 1 aliphatic carbocycles. The maximum atomic E-state index is 14.1. The van der Waals surface area contributed by atoms with Gasteiger partial charge in [0.25, 0.3) is 5.91 Å². The molecule has 1 aromatic rings. The van der Waals surface area contributed by atoms with E-state index in [2.05, 4.69) is 15.5 Å². The number of carbonyl (C=O) groups is 2. The van der Waals surface area contributed by atoms with Crippen molar-refractivity contribution in [2.45, 2.75) is 64.1 Å². The summed E-state index contributed by atoms with van der Waals surface area (Å²) in [6, 6.07) is 6.18. The van der Waals surface area contributed by atoms with Crippen LogP contribution in [0.5, 0.6) is 0 Å². The van der Waals surface area contributed by atoms with Crippen molar-refractivity contribution in [2.24, 2.45) is 5.92 Å². The quantitative estimate of drug-likeness (QED) is 0.702. The molecule has 156 valence electrons. The highest BCUT2D eigenvalue weighted by Gasteiger charge is 2.38. The van der Waals surface area contributed by atoms with E-state index in [1.54, 1.807) is 0 Å². The van der Waals surface area contributed by atoms with Gasteiger partial charge >= 0.3 is 0 Å². The Morgan fingerprint density at radius 1 is 1.24 bits per heavy atom. The van der Waals surface area contributed by atoms with Crippen LogP contribution in [0.15, 0.2) is 18.2 Å².